The van der Waals surface area contributed by atoms with Gasteiger partial charge in [-0.2, -0.15) is 0 Å². The molecule has 3 unspecified atom stereocenters. The summed E-state index contributed by atoms with van der Waals surface area (Å²) < 4.78 is 0. The zero-order valence-electron chi connectivity index (χ0n) is 7.71. The molecule has 0 amide bonds. The van der Waals surface area contributed by atoms with Crippen LogP contribution in [-0.2, 0) is 0 Å². The summed E-state index contributed by atoms with van der Waals surface area (Å²) in [6.45, 7) is 7.51. The van der Waals surface area contributed by atoms with E-state index in [2.05, 4.69) is 18.7 Å². The average Bonchev–Trinajstić information content (AvgIpc) is 1.91. The summed E-state index contributed by atoms with van der Waals surface area (Å²) in [5.74, 6) is 2.02. The van der Waals surface area contributed by atoms with Gasteiger partial charge in [-0.05, 0) is 37.8 Å². The van der Waals surface area contributed by atoms with Gasteiger partial charge in [-0.3, -0.25) is 4.90 Å². The summed E-state index contributed by atoms with van der Waals surface area (Å²) in [5, 5.41) is 0. The molecule has 0 radical (unpaired) electrons. The average molecular weight is 153 g/mol. The molecule has 0 aromatic rings. The zero-order chi connectivity index (χ0) is 7.84. The van der Waals surface area contributed by atoms with Crippen LogP contribution in [0.4, 0.5) is 0 Å². The molecule has 1 saturated heterocycles. The van der Waals surface area contributed by atoms with Crippen molar-refractivity contribution in [2.75, 3.05) is 13.1 Å². The smallest absolute Gasteiger partial charge is 0.0149 e. The summed E-state index contributed by atoms with van der Waals surface area (Å²) in [6.07, 6.45) is 4.32. The maximum absolute atomic E-state index is 2.68. The highest BCUT2D eigenvalue weighted by Crippen LogP contribution is 2.41. The number of nitrogens with zero attached hydrogens (tertiary/aromatic N) is 1. The lowest BCUT2D eigenvalue weighted by Gasteiger charge is -2.52. The van der Waals surface area contributed by atoms with Gasteiger partial charge in [-0.15, -0.1) is 0 Å². The third-order valence-corrected chi connectivity index (χ3v) is 3.58. The van der Waals surface area contributed by atoms with E-state index in [1.165, 1.54) is 32.4 Å². The molecular weight excluding hydrogens is 134 g/mol. The van der Waals surface area contributed by atoms with E-state index in [9.17, 15) is 0 Å². The normalized spacial score (nSPS) is 44.7. The molecule has 1 heterocycles. The summed E-state index contributed by atoms with van der Waals surface area (Å²) in [5.41, 5.74) is 0. The molecule has 1 aliphatic carbocycles. The Hall–Kier alpha value is -0.0400. The first kappa shape index (κ1) is 7.60. The molecule has 0 aromatic carbocycles. The molecule has 2 rings (SSSR count). The predicted molar refractivity (Wildman–Crippen MR) is 47.5 cm³/mol. The summed E-state index contributed by atoms with van der Waals surface area (Å²) in [7, 11) is 0. The molecule has 0 N–H and O–H groups in total. The van der Waals surface area contributed by atoms with Crippen molar-refractivity contribution in [2.45, 2.75) is 39.2 Å². The lowest BCUT2D eigenvalue weighted by molar-refractivity contribution is -0.0295. The maximum Gasteiger partial charge on any atom is 0.0149 e. The maximum atomic E-state index is 2.68. The first-order valence-electron chi connectivity index (χ1n) is 5.07. The first-order valence-corrected chi connectivity index (χ1v) is 5.07. The second kappa shape index (κ2) is 2.78. The van der Waals surface area contributed by atoms with Crippen LogP contribution in [0.25, 0.3) is 0 Å². The molecule has 0 spiro atoms. The summed E-state index contributed by atoms with van der Waals surface area (Å²) in [6, 6.07) is 0.966. The van der Waals surface area contributed by atoms with Gasteiger partial charge in [-0.1, -0.05) is 20.3 Å². The molecule has 1 heteroatoms. The molecule has 1 saturated carbocycles. The van der Waals surface area contributed by atoms with E-state index < -0.39 is 0 Å². The van der Waals surface area contributed by atoms with E-state index in [-0.39, 0.29) is 0 Å². The fourth-order valence-corrected chi connectivity index (χ4v) is 2.73. The fraction of sp³-hybridized carbons (Fsp3) is 1.00. The second-order valence-electron chi connectivity index (χ2n) is 4.26. The van der Waals surface area contributed by atoms with Crippen molar-refractivity contribution >= 4 is 0 Å². The van der Waals surface area contributed by atoms with Crippen LogP contribution in [0.15, 0.2) is 0 Å². The topological polar surface area (TPSA) is 3.24 Å². The molecule has 1 nitrogen and oxygen atoms in total. The molecule has 0 bridgehead atoms. The van der Waals surface area contributed by atoms with E-state index >= 15 is 0 Å². The standard InChI is InChI=1S/C10H19N/c1-3-9-7-8(2)10(9)11-5-4-6-11/h8-10H,3-7H2,1-2H3. The number of likely N-dealkylation sites (tertiary alicyclic amines) is 1. The third-order valence-electron chi connectivity index (χ3n) is 3.58. The molecule has 1 aliphatic heterocycles. The Kier molecular flexibility index (Phi) is 1.92. The molecule has 64 valence electrons. The summed E-state index contributed by atoms with van der Waals surface area (Å²) >= 11 is 0. The van der Waals surface area contributed by atoms with E-state index in [0.29, 0.717) is 0 Å². The molecule has 0 aromatic heterocycles. The number of hydrogen-bond acceptors (Lipinski definition) is 1. The molecular formula is C10H19N. The van der Waals surface area contributed by atoms with E-state index in [0.717, 1.165) is 17.9 Å². The van der Waals surface area contributed by atoms with Crippen LogP contribution in [0.5, 0.6) is 0 Å². The Balaban J connectivity index is 1.89. The van der Waals surface area contributed by atoms with Crippen LogP contribution in [0.1, 0.15) is 33.1 Å². The quantitative estimate of drug-likeness (QED) is 0.587. The van der Waals surface area contributed by atoms with Crippen molar-refractivity contribution < 1.29 is 0 Å². The van der Waals surface area contributed by atoms with E-state index in [4.69, 9.17) is 0 Å². The van der Waals surface area contributed by atoms with Crippen LogP contribution >= 0.6 is 0 Å². The van der Waals surface area contributed by atoms with Crippen molar-refractivity contribution in [3.8, 4) is 0 Å². The van der Waals surface area contributed by atoms with Gasteiger partial charge in [0, 0.05) is 6.04 Å². The van der Waals surface area contributed by atoms with Gasteiger partial charge in [0.2, 0.25) is 0 Å². The van der Waals surface area contributed by atoms with Crippen LogP contribution in [-0.4, -0.2) is 24.0 Å². The van der Waals surface area contributed by atoms with E-state index in [1.54, 1.807) is 0 Å². The van der Waals surface area contributed by atoms with Gasteiger partial charge >= 0.3 is 0 Å². The number of hydrogen-bond donors (Lipinski definition) is 0. The molecule has 3 atom stereocenters. The minimum atomic E-state index is 0.966. The van der Waals surface area contributed by atoms with Gasteiger partial charge in [0.25, 0.3) is 0 Å². The fourth-order valence-electron chi connectivity index (χ4n) is 2.73. The van der Waals surface area contributed by atoms with Crippen molar-refractivity contribution in [2.24, 2.45) is 11.8 Å². The van der Waals surface area contributed by atoms with Gasteiger partial charge in [0.15, 0.2) is 0 Å². The second-order valence-corrected chi connectivity index (χ2v) is 4.26. The summed E-state index contributed by atoms with van der Waals surface area (Å²) in [4.78, 5) is 2.68. The lowest BCUT2D eigenvalue weighted by Crippen LogP contribution is -2.57. The van der Waals surface area contributed by atoms with Gasteiger partial charge < -0.3 is 0 Å². The SMILES string of the molecule is CCC1CC(C)C1N1CCC1. The zero-order valence-corrected chi connectivity index (χ0v) is 7.71. The Morgan fingerprint density at radius 2 is 2.09 bits per heavy atom. The van der Waals surface area contributed by atoms with Crippen LogP contribution in [0.2, 0.25) is 0 Å². The monoisotopic (exact) mass is 153 g/mol. The predicted octanol–water partition coefficient (Wildman–Crippen LogP) is 2.13. The first-order chi connectivity index (χ1) is 5.33. The van der Waals surface area contributed by atoms with E-state index in [1.807, 2.05) is 0 Å². The van der Waals surface area contributed by atoms with Crippen LogP contribution in [0.3, 0.4) is 0 Å². The largest absolute Gasteiger partial charge is 0.300 e. The molecule has 2 fully saturated rings. The van der Waals surface area contributed by atoms with Gasteiger partial charge in [0.05, 0.1) is 0 Å². The minimum absolute atomic E-state index is 0.966. The Bertz CT molecular complexity index is 135. The Morgan fingerprint density at radius 3 is 2.45 bits per heavy atom. The minimum Gasteiger partial charge on any atom is -0.300 e. The van der Waals surface area contributed by atoms with Crippen molar-refractivity contribution in [3.63, 3.8) is 0 Å². The van der Waals surface area contributed by atoms with Gasteiger partial charge in [-0.25, -0.2) is 0 Å². The Labute approximate surface area is 69.8 Å². The van der Waals surface area contributed by atoms with Gasteiger partial charge in [0.1, 0.15) is 0 Å². The molecule has 11 heavy (non-hydrogen) atoms. The van der Waals surface area contributed by atoms with Crippen molar-refractivity contribution in [1.29, 1.82) is 0 Å². The highest BCUT2D eigenvalue weighted by Gasteiger charge is 2.41. The highest BCUT2D eigenvalue weighted by molar-refractivity contribution is 4.95. The lowest BCUT2D eigenvalue weighted by atomic mass is 9.68. The molecule has 2 aliphatic rings. The van der Waals surface area contributed by atoms with Crippen LogP contribution in [0, 0.1) is 11.8 Å². The van der Waals surface area contributed by atoms with Crippen molar-refractivity contribution in [3.05, 3.63) is 0 Å². The third kappa shape index (κ3) is 1.10. The Morgan fingerprint density at radius 1 is 1.36 bits per heavy atom. The van der Waals surface area contributed by atoms with Crippen LogP contribution < -0.4 is 0 Å². The van der Waals surface area contributed by atoms with Crippen molar-refractivity contribution in [1.82, 2.24) is 4.90 Å². The highest BCUT2D eigenvalue weighted by atomic mass is 15.2. The number of rotatable bonds is 2.